The number of halogens is 1. The summed E-state index contributed by atoms with van der Waals surface area (Å²) in [6.45, 7) is 8.21. The number of fused-ring (bicyclic) bond motifs is 1. The van der Waals surface area contributed by atoms with Gasteiger partial charge in [0, 0.05) is 52.9 Å². The van der Waals surface area contributed by atoms with Crippen molar-refractivity contribution in [3.63, 3.8) is 0 Å². The fourth-order valence-corrected chi connectivity index (χ4v) is 4.69. The van der Waals surface area contributed by atoms with Crippen molar-refractivity contribution >= 4 is 41.8 Å². The molecule has 3 aliphatic rings. The van der Waals surface area contributed by atoms with Crippen LogP contribution in [-0.2, 0) is 4.74 Å². The van der Waals surface area contributed by atoms with Crippen LogP contribution >= 0.6 is 24.0 Å². The lowest BCUT2D eigenvalue weighted by atomic mass is 10.1. The van der Waals surface area contributed by atoms with Gasteiger partial charge in [-0.05, 0) is 37.3 Å². The molecule has 0 aromatic heterocycles. The number of imide groups is 1. The van der Waals surface area contributed by atoms with Gasteiger partial charge in [-0.3, -0.25) is 24.4 Å². The van der Waals surface area contributed by atoms with Gasteiger partial charge in [0.15, 0.2) is 5.96 Å². The number of rotatable bonds is 7. The number of aliphatic imine (C=N–C) groups is 1. The third-order valence-electron chi connectivity index (χ3n) is 6.39. The predicted octanol–water partition coefficient (Wildman–Crippen LogP) is 1.91. The van der Waals surface area contributed by atoms with Gasteiger partial charge >= 0.3 is 0 Å². The number of guanidine groups is 1. The Kier molecular flexibility index (Phi) is 9.30. The van der Waals surface area contributed by atoms with Crippen LogP contribution in [0, 0.1) is 5.92 Å². The number of unbranched alkanes of at least 4 members (excludes halogenated alkanes) is 1. The van der Waals surface area contributed by atoms with Crippen LogP contribution in [-0.4, -0.2) is 98.5 Å². The van der Waals surface area contributed by atoms with E-state index >= 15 is 0 Å². The number of hydrogen-bond donors (Lipinski definition) is 1. The van der Waals surface area contributed by atoms with Crippen LogP contribution in [0.3, 0.4) is 0 Å². The van der Waals surface area contributed by atoms with Crippen molar-refractivity contribution in [3.05, 3.63) is 35.4 Å². The zero-order valence-electron chi connectivity index (χ0n) is 18.8. The number of nitrogens with one attached hydrogen (secondary N) is 1. The van der Waals surface area contributed by atoms with E-state index in [0.717, 1.165) is 71.3 Å². The van der Waals surface area contributed by atoms with Gasteiger partial charge in [-0.25, -0.2) is 0 Å². The summed E-state index contributed by atoms with van der Waals surface area (Å²) in [7, 11) is 1.83. The Morgan fingerprint density at radius 3 is 2.44 bits per heavy atom. The van der Waals surface area contributed by atoms with E-state index in [1.54, 1.807) is 24.3 Å². The molecular weight excluding hydrogens is 521 g/mol. The number of amides is 2. The standard InChI is InChI=1S/C23H33N5O3.HI/c1-24-23(27-11-8-18(17-27)16-26-12-14-31-15-13-26)25-9-4-5-10-28-21(29)19-6-2-3-7-20(19)22(28)30;/h2-3,6-7,18H,4-5,8-17H2,1H3,(H,24,25);1H. The molecule has 3 heterocycles. The lowest BCUT2D eigenvalue weighted by molar-refractivity contribution is 0.0315. The molecule has 1 unspecified atom stereocenters. The van der Waals surface area contributed by atoms with Crippen LogP contribution in [0.25, 0.3) is 0 Å². The van der Waals surface area contributed by atoms with Gasteiger partial charge in [-0.1, -0.05) is 12.1 Å². The summed E-state index contributed by atoms with van der Waals surface area (Å²) in [5, 5.41) is 3.45. The largest absolute Gasteiger partial charge is 0.379 e. The summed E-state index contributed by atoms with van der Waals surface area (Å²) in [5.74, 6) is 1.27. The minimum Gasteiger partial charge on any atom is -0.379 e. The first kappa shape index (κ1) is 24.9. The summed E-state index contributed by atoms with van der Waals surface area (Å²) >= 11 is 0. The number of nitrogens with zero attached hydrogens (tertiary/aromatic N) is 4. The molecule has 0 bridgehead atoms. The van der Waals surface area contributed by atoms with Gasteiger partial charge in [-0.2, -0.15) is 0 Å². The molecule has 8 nitrogen and oxygen atoms in total. The molecule has 4 rings (SSSR count). The van der Waals surface area contributed by atoms with Crippen molar-refractivity contribution in [2.75, 3.05) is 66.1 Å². The number of hydrogen-bond acceptors (Lipinski definition) is 5. The Labute approximate surface area is 207 Å². The van der Waals surface area contributed by atoms with E-state index in [2.05, 4.69) is 20.1 Å². The first-order chi connectivity index (χ1) is 15.2. The predicted molar refractivity (Wildman–Crippen MR) is 135 cm³/mol. The van der Waals surface area contributed by atoms with E-state index in [1.165, 1.54) is 11.3 Å². The fraction of sp³-hybridized carbons (Fsp3) is 0.609. The molecule has 0 aliphatic carbocycles. The van der Waals surface area contributed by atoms with Crippen LogP contribution in [0.1, 0.15) is 40.0 Å². The van der Waals surface area contributed by atoms with Gasteiger partial charge < -0.3 is 15.0 Å². The summed E-state index contributed by atoms with van der Waals surface area (Å²) in [4.78, 5) is 35.5. The summed E-state index contributed by atoms with van der Waals surface area (Å²) in [6, 6.07) is 7.05. The molecule has 0 spiro atoms. The minimum absolute atomic E-state index is 0. The Balaban J connectivity index is 0.00000289. The third-order valence-corrected chi connectivity index (χ3v) is 6.39. The third kappa shape index (κ3) is 5.79. The highest BCUT2D eigenvalue weighted by atomic mass is 127. The number of ether oxygens (including phenoxy) is 1. The zero-order valence-corrected chi connectivity index (χ0v) is 21.1. The SMILES string of the molecule is CN=C(NCCCCN1C(=O)c2ccccc2C1=O)N1CCC(CN2CCOCC2)C1.I. The van der Waals surface area contributed by atoms with E-state index < -0.39 is 0 Å². The van der Waals surface area contributed by atoms with Gasteiger partial charge in [0.05, 0.1) is 24.3 Å². The Morgan fingerprint density at radius 2 is 1.78 bits per heavy atom. The highest BCUT2D eigenvalue weighted by molar-refractivity contribution is 14.0. The zero-order chi connectivity index (χ0) is 21.6. The molecule has 176 valence electrons. The molecule has 1 N–H and O–H groups in total. The van der Waals surface area contributed by atoms with E-state index in [0.29, 0.717) is 23.6 Å². The monoisotopic (exact) mass is 555 g/mol. The summed E-state index contributed by atoms with van der Waals surface area (Å²) < 4.78 is 5.44. The maximum Gasteiger partial charge on any atom is 0.261 e. The second kappa shape index (κ2) is 11.9. The molecule has 0 saturated carbocycles. The van der Waals surface area contributed by atoms with Crippen LogP contribution in [0.5, 0.6) is 0 Å². The van der Waals surface area contributed by atoms with Gasteiger partial charge in [0.1, 0.15) is 0 Å². The van der Waals surface area contributed by atoms with Crippen LogP contribution in [0.4, 0.5) is 0 Å². The average molecular weight is 555 g/mol. The van der Waals surface area contributed by atoms with E-state index in [1.807, 2.05) is 7.05 Å². The quantitative estimate of drug-likeness (QED) is 0.182. The molecule has 1 aromatic rings. The molecule has 9 heteroatoms. The van der Waals surface area contributed by atoms with E-state index in [-0.39, 0.29) is 35.8 Å². The fourth-order valence-electron chi connectivity index (χ4n) is 4.69. The first-order valence-electron chi connectivity index (χ1n) is 11.4. The normalized spacial score (nSPS) is 21.7. The second-order valence-corrected chi connectivity index (χ2v) is 8.50. The van der Waals surface area contributed by atoms with Gasteiger partial charge in [-0.15, -0.1) is 24.0 Å². The minimum atomic E-state index is -0.173. The van der Waals surface area contributed by atoms with Crippen molar-refractivity contribution in [3.8, 4) is 0 Å². The van der Waals surface area contributed by atoms with Crippen LogP contribution < -0.4 is 5.32 Å². The van der Waals surface area contributed by atoms with Gasteiger partial charge in [0.25, 0.3) is 11.8 Å². The molecule has 1 atom stereocenters. The van der Waals surface area contributed by atoms with Crippen LogP contribution in [0.15, 0.2) is 29.3 Å². The molecule has 2 amide bonds. The molecule has 2 saturated heterocycles. The van der Waals surface area contributed by atoms with Crippen LogP contribution in [0.2, 0.25) is 0 Å². The molecule has 0 radical (unpaired) electrons. The maximum atomic E-state index is 12.4. The highest BCUT2D eigenvalue weighted by Gasteiger charge is 2.34. The van der Waals surface area contributed by atoms with Crippen molar-refractivity contribution in [2.45, 2.75) is 19.3 Å². The molecule has 3 aliphatic heterocycles. The molecular formula is C23H34IN5O3. The number of carbonyl (C=O) groups excluding carboxylic acids is 2. The van der Waals surface area contributed by atoms with Crippen molar-refractivity contribution in [1.82, 2.24) is 20.0 Å². The van der Waals surface area contributed by atoms with E-state index in [9.17, 15) is 9.59 Å². The topological polar surface area (TPSA) is 77.5 Å². The Hall–Kier alpha value is -1.72. The van der Waals surface area contributed by atoms with E-state index in [4.69, 9.17) is 4.74 Å². The second-order valence-electron chi connectivity index (χ2n) is 8.50. The van der Waals surface area contributed by atoms with Gasteiger partial charge in [0.2, 0.25) is 0 Å². The number of benzene rings is 1. The number of carbonyl (C=O) groups is 2. The molecule has 32 heavy (non-hydrogen) atoms. The summed E-state index contributed by atoms with van der Waals surface area (Å²) in [6.07, 6.45) is 2.84. The number of morpholine rings is 1. The maximum absolute atomic E-state index is 12.4. The lowest BCUT2D eigenvalue weighted by Crippen LogP contribution is -2.42. The van der Waals surface area contributed by atoms with Crippen molar-refractivity contribution < 1.29 is 14.3 Å². The lowest BCUT2D eigenvalue weighted by Gasteiger charge is -2.29. The Morgan fingerprint density at radius 1 is 1.09 bits per heavy atom. The number of likely N-dealkylation sites (tertiary alicyclic amines) is 1. The first-order valence-corrected chi connectivity index (χ1v) is 11.4. The smallest absolute Gasteiger partial charge is 0.261 e. The van der Waals surface area contributed by atoms with Crippen molar-refractivity contribution in [1.29, 1.82) is 0 Å². The Bertz CT molecular complexity index is 793. The highest BCUT2D eigenvalue weighted by Crippen LogP contribution is 2.22. The molecule has 2 fully saturated rings. The van der Waals surface area contributed by atoms with Crippen molar-refractivity contribution in [2.24, 2.45) is 10.9 Å². The average Bonchev–Trinajstić information content (AvgIpc) is 3.35. The molecule has 1 aromatic carbocycles. The summed E-state index contributed by atoms with van der Waals surface area (Å²) in [5.41, 5.74) is 1.04.